The Balaban J connectivity index is 1.38. The van der Waals surface area contributed by atoms with Gasteiger partial charge in [0, 0.05) is 42.5 Å². The number of hydrogen-bond donors (Lipinski definition) is 2. The zero-order valence-corrected chi connectivity index (χ0v) is 21.5. The quantitative estimate of drug-likeness (QED) is 0.293. The molecule has 10 nitrogen and oxygen atoms in total. The molecule has 2 aromatic heterocycles. The highest BCUT2D eigenvalue weighted by Gasteiger charge is 2.22. The summed E-state index contributed by atoms with van der Waals surface area (Å²) >= 11 is 0. The second-order valence-electron chi connectivity index (χ2n) is 9.11. The Hall–Kier alpha value is -3.18. The minimum atomic E-state index is -3.01. The van der Waals surface area contributed by atoms with Gasteiger partial charge in [-0.3, -0.25) is 4.79 Å². The van der Waals surface area contributed by atoms with Gasteiger partial charge >= 0.3 is 5.97 Å². The zero-order chi connectivity index (χ0) is 25.5. The fraction of sp³-hybridized carbons (Fsp3) is 0.480. The molecule has 2 N–H and O–H groups in total. The number of sulfone groups is 1. The standard InChI is InChI=1S/C25H33N5O5S/c1-34-24(31)7-4-16-35-22-6-3-5-21-20(22)13-15-30(21)23-12-14-26-25(29-23)28-19-10-8-18(9-11-19)27-17-36(2,32)33/h3,5-6,12-15,18-19,27H,4,7-11,16-17H2,1-2H3,(H,26,28,29). The van der Waals surface area contributed by atoms with Gasteiger partial charge < -0.3 is 24.7 Å². The minimum absolute atomic E-state index is 0.0198. The summed E-state index contributed by atoms with van der Waals surface area (Å²) in [5.41, 5.74) is 0.961. The number of fused-ring (bicyclic) bond motifs is 1. The van der Waals surface area contributed by atoms with E-state index in [1.807, 2.05) is 41.1 Å². The molecule has 1 aromatic carbocycles. The third-order valence-electron chi connectivity index (χ3n) is 6.29. The van der Waals surface area contributed by atoms with Gasteiger partial charge in [-0.05, 0) is 56.4 Å². The first-order chi connectivity index (χ1) is 17.3. The van der Waals surface area contributed by atoms with Gasteiger partial charge in [0.05, 0.1) is 25.1 Å². The number of ether oxygens (including phenoxy) is 2. The molecule has 0 radical (unpaired) electrons. The molecule has 36 heavy (non-hydrogen) atoms. The summed E-state index contributed by atoms with van der Waals surface area (Å²) < 4.78 is 35.4. The Labute approximate surface area is 211 Å². The molecule has 0 unspecified atom stereocenters. The number of hydrogen-bond acceptors (Lipinski definition) is 9. The van der Waals surface area contributed by atoms with Crippen molar-refractivity contribution in [1.29, 1.82) is 0 Å². The summed E-state index contributed by atoms with van der Waals surface area (Å²) in [5.74, 6) is 1.84. The fourth-order valence-corrected chi connectivity index (χ4v) is 4.95. The van der Waals surface area contributed by atoms with E-state index in [4.69, 9.17) is 9.72 Å². The smallest absolute Gasteiger partial charge is 0.305 e. The molecule has 4 rings (SSSR count). The van der Waals surface area contributed by atoms with E-state index in [0.717, 1.165) is 48.2 Å². The fourth-order valence-electron chi connectivity index (χ4n) is 4.41. The molecule has 1 aliphatic rings. The van der Waals surface area contributed by atoms with Crippen LogP contribution in [0.2, 0.25) is 0 Å². The van der Waals surface area contributed by atoms with Crippen molar-refractivity contribution in [2.45, 2.75) is 50.6 Å². The van der Waals surface area contributed by atoms with E-state index >= 15 is 0 Å². The first kappa shape index (κ1) is 25.9. The summed E-state index contributed by atoms with van der Waals surface area (Å²) in [5, 5.41) is 7.54. The summed E-state index contributed by atoms with van der Waals surface area (Å²) in [4.78, 5) is 20.4. The first-order valence-corrected chi connectivity index (χ1v) is 14.2. The van der Waals surface area contributed by atoms with Gasteiger partial charge in [-0.25, -0.2) is 13.4 Å². The van der Waals surface area contributed by atoms with E-state index < -0.39 is 9.84 Å². The largest absolute Gasteiger partial charge is 0.493 e. The highest BCUT2D eigenvalue weighted by atomic mass is 32.2. The summed E-state index contributed by atoms with van der Waals surface area (Å²) in [6.45, 7) is 0.424. The van der Waals surface area contributed by atoms with Crippen molar-refractivity contribution in [2.24, 2.45) is 0 Å². The Morgan fingerprint density at radius 3 is 2.67 bits per heavy atom. The number of rotatable bonds is 11. The topological polar surface area (TPSA) is 124 Å². The maximum atomic E-state index is 11.4. The van der Waals surface area contributed by atoms with E-state index in [0.29, 0.717) is 25.4 Å². The lowest BCUT2D eigenvalue weighted by Crippen LogP contribution is -2.39. The summed E-state index contributed by atoms with van der Waals surface area (Å²) in [6, 6.07) is 10.2. The SMILES string of the molecule is COC(=O)CCCOc1cccc2c1ccn2-c1ccnc(NC2CCC(NCS(C)(=O)=O)CC2)n1. The van der Waals surface area contributed by atoms with E-state index in [9.17, 15) is 13.2 Å². The second kappa shape index (κ2) is 11.7. The molecule has 0 amide bonds. The number of methoxy groups -OCH3 is 1. The molecule has 0 atom stereocenters. The van der Waals surface area contributed by atoms with Crippen molar-refractivity contribution < 1.29 is 22.7 Å². The first-order valence-electron chi connectivity index (χ1n) is 12.1. The molecule has 1 fully saturated rings. The van der Waals surface area contributed by atoms with Gasteiger partial charge in [0.15, 0.2) is 9.84 Å². The van der Waals surface area contributed by atoms with Crippen LogP contribution in [0.1, 0.15) is 38.5 Å². The Morgan fingerprint density at radius 1 is 1.14 bits per heavy atom. The number of carbonyl (C=O) groups excluding carboxylic acids is 1. The van der Waals surface area contributed by atoms with Gasteiger partial charge in [0.2, 0.25) is 5.95 Å². The van der Waals surface area contributed by atoms with Crippen LogP contribution in [-0.4, -0.2) is 66.9 Å². The van der Waals surface area contributed by atoms with Gasteiger partial charge in [0.25, 0.3) is 0 Å². The van der Waals surface area contributed by atoms with Crippen LogP contribution in [0.5, 0.6) is 5.75 Å². The van der Waals surface area contributed by atoms with Gasteiger partial charge in [-0.2, -0.15) is 4.98 Å². The summed E-state index contributed by atoms with van der Waals surface area (Å²) in [7, 11) is -1.63. The predicted molar refractivity (Wildman–Crippen MR) is 138 cm³/mol. The molecule has 0 spiro atoms. The maximum absolute atomic E-state index is 11.4. The van der Waals surface area contributed by atoms with Crippen LogP contribution >= 0.6 is 0 Å². The Kier molecular flexibility index (Phi) is 8.42. The number of carbonyl (C=O) groups is 1. The number of aromatic nitrogens is 3. The monoisotopic (exact) mass is 515 g/mol. The van der Waals surface area contributed by atoms with Gasteiger partial charge in [-0.15, -0.1) is 0 Å². The molecular formula is C25H33N5O5S. The lowest BCUT2D eigenvalue weighted by molar-refractivity contribution is -0.140. The van der Waals surface area contributed by atoms with Crippen LogP contribution in [0.15, 0.2) is 42.7 Å². The van der Waals surface area contributed by atoms with Crippen LogP contribution in [0.25, 0.3) is 16.7 Å². The van der Waals surface area contributed by atoms with Crippen molar-refractivity contribution in [3.05, 3.63) is 42.7 Å². The molecule has 0 bridgehead atoms. The molecule has 1 saturated carbocycles. The average Bonchev–Trinajstić information content (AvgIpc) is 3.31. The number of esters is 1. The number of nitrogens with one attached hydrogen (secondary N) is 2. The van der Waals surface area contributed by atoms with Crippen LogP contribution in [0.3, 0.4) is 0 Å². The van der Waals surface area contributed by atoms with Crippen molar-refractivity contribution in [3.63, 3.8) is 0 Å². The van der Waals surface area contributed by atoms with Crippen LogP contribution in [0.4, 0.5) is 5.95 Å². The summed E-state index contributed by atoms with van der Waals surface area (Å²) in [6.07, 6.45) is 9.47. The minimum Gasteiger partial charge on any atom is -0.493 e. The lowest BCUT2D eigenvalue weighted by Gasteiger charge is -2.29. The normalized spacial score (nSPS) is 18.2. The second-order valence-corrected chi connectivity index (χ2v) is 11.2. The van der Waals surface area contributed by atoms with Crippen LogP contribution in [-0.2, 0) is 19.4 Å². The molecular weight excluding hydrogens is 482 g/mol. The van der Waals surface area contributed by atoms with E-state index in [2.05, 4.69) is 20.4 Å². The van der Waals surface area contributed by atoms with E-state index in [1.54, 1.807) is 6.20 Å². The van der Waals surface area contributed by atoms with Gasteiger partial charge in [-0.1, -0.05) is 6.07 Å². The number of benzene rings is 1. The van der Waals surface area contributed by atoms with Crippen molar-refractivity contribution in [1.82, 2.24) is 19.9 Å². The molecule has 194 valence electrons. The van der Waals surface area contributed by atoms with Crippen molar-refractivity contribution in [2.75, 3.05) is 31.2 Å². The van der Waals surface area contributed by atoms with Crippen molar-refractivity contribution >= 4 is 32.7 Å². The van der Waals surface area contributed by atoms with E-state index in [1.165, 1.54) is 13.4 Å². The van der Waals surface area contributed by atoms with Crippen molar-refractivity contribution in [3.8, 4) is 11.6 Å². The molecule has 11 heteroatoms. The molecule has 0 aliphatic heterocycles. The predicted octanol–water partition coefficient (Wildman–Crippen LogP) is 3.07. The van der Waals surface area contributed by atoms with E-state index in [-0.39, 0.29) is 23.9 Å². The highest BCUT2D eigenvalue weighted by molar-refractivity contribution is 7.90. The maximum Gasteiger partial charge on any atom is 0.305 e. The Bertz CT molecular complexity index is 1280. The Morgan fingerprint density at radius 2 is 1.92 bits per heavy atom. The van der Waals surface area contributed by atoms with Gasteiger partial charge in [0.1, 0.15) is 11.6 Å². The van der Waals surface area contributed by atoms with Crippen LogP contribution in [0, 0.1) is 0 Å². The highest BCUT2D eigenvalue weighted by Crippen LogP contribution is 2.29. The molecule has 1 aliphatic carbocycles. The number of nitrogens with zero attached hydrogens (tertiary/aromatic N) is 3. The molecule has 0 saturated heterocycles. The number of anilines is 1. The average molecular weight is 516 g/mol. The van der Waals surface area contributed by atoms with Crippen LogP contribution < -0.4 is 15.4 Å². The third kappa shape index (κ3) is 6.94. The molecule has 3 aromatic rings. The zero-order valence-electron chi connectivity index (χ0n) is 20.6. The molecule has 2 heterocycles. The third-order valence-corrected chi connectivity index (χ3v) is 6.98. The lowest BCUT2D eigenvalue weighted by atomic mass is 9.91.